The van der Waals surface area contributed by atoms with Crippen molar-refractivity contribution in [1.29, 1.82) is 0 Å². The fraction of sp³-hybridized carbons (Fsp3) is 0.643. The number of imidazole rings is 1. The summed E-state index contributed by atoms with van der Waals surface area (Å²) in [4.78, 5) is 12.4. The summed E-state index contributed by atoms with van der Waals surface area (Å²) >= 11 is 0. The van der Waals surface area contributed by atoms with Crippen LogP contribution in [0.4, 0.5) is 5.82 Å². The molecule has 3 N–H and O–H groups in total. The van der Waals surface area contributed by atoms with E-state index >= 15 is 0 Å². The summed E-state index contributed by atoms with van der Waals surface area (Å²) in [7, 11) is -4.80. The van der Waals surface area contributed by atoms with E-state index in [1.807, 2.05) is 26.2 Å². The Balaban J connectivity index is 1.67. The quantitative estimate of drug-likeness (QED) is 0.661. The Labute approximate surface area is 152 Å². The van der Waals surface area contributed by atoms with Crippen molar-refractivity contribution in [3.8, 4) is 0 Å². The highest BCUT2D eigenvalue weighted by atomic mass is 28.5. The molecule has 142 valence electrons. The van der Waals surface area contributed by atoms with Gasteiger partial charge in [-0.1, -0.05) is 0 Å². The van der Waals surface area contributed by atoms with Crippen LogP contribution >= 0.6 is 0 Å². The highest BCUT2D eigenvalue weighted by molar-refractivity contribution is 6.78. The second-order valence-electron chi connectivity index (χ2n) is 7.43. The molecule has 2 fully saturated rings. The van der Waals surface area contributed by atoms with Gasteiger partial charge >= 0.3 is 17.1 Å². The summed E-state index contributed by atoms with van der Waals surface area (Å²) in [6, 6.07) is 0. The first-order valence-electron chi connectivity index (χ1n) is 8.45. The number of nitrogens with zero attached hydrogens (tertiary/aromatic N) is 4. The number of hydrogen-bond acceptors (Lipinski definition) is 9. The molecule has 4 atom stereocenters. The minimum Gasteiger partial charge on any atom is -0.415 e. The lowest BCUT2D eigenvalue weighted by Crippen LogP contribution is -2.56. The van der Waals surface area contributed by atoms with Crippen molar-refractivity contribution in [2.45, 2.75) is 50.7 Å². The zero-order valence-electron chi connectivity index (χ0n) is 15.1. The smallest absolute Gasteiger partial charge is 0.323 e. The number of rotatable bonds is 1. The van der Waals surface area contributed by atoms with Crippen LogP contribution in [0.15, 0.2) is 12.7 Å². The van der Waals surface area contributed by atoms with Crippen LogP contribution in [0, 0.1) is 0 Å². The second kappa shape index (κ2) is 6.05. The number of aliphatic hydroxyl groups excluding tert-OH is 1. The Morgan fingerprint density at radius 1 is 1.19 bits per heavy atom. The van der Waals surface area contributed by atoms with E-state index in [1.54, 1.807) is 10.9 Å². The minimum atomic E-state index is -2.49. The molecule has 2 aromatic rings. The lowest BCUT2D eigenvalue weighted by Gasteiger charge is -2.39. The lowest BCUT2D eigenvalue weighted by atomic mass is 10.1. The third-order valence-corrected chi connectivity index (χ3v) is 10.1. The average molecular weight is 398 g/mol. The first-order chi connectivity index (χ1) is 12.2. The van der Waals surface area contributed by atoms with Crippen molar-refractivity contribution in [2.24, 2.45) is 0 Å². The second-order valence-corrected chi connectivity index (χ2v) is 14.4. The van der Waals surface area contributed by atoms with Gasteiger partial charge in [0.05, 0.1) is 12.9 Å². The summed E-state index contributed by atoms with van der Waals surface area (Å²) in [6.07, 6.45) is 0.313. The van der Waals surface area contributed by atoms with Crippen LogP contribution in [-0.2, 0) is 17.7 Å². The third-order valence-electron chi connectivity index (χ3n) is 4.48. The van der Waals surface area contributed by atoms with Crippen molar-refractivity contribution < 1.29 is 22.8 Å². The van der Waals surface area contributed by atoms with Gasteiger partial charge in [0.1, 0.15) is 30.2 Å². The van der Waals surface area contributed by atoms with Crippen molar-refractivity contribution in [3.05, 3.63) is 12.7 Å². The largest absolute Gasteiger partial charge is 0.415 e. The van der Waals surface area contributed by atoms with Gasteiger partial charge in [-0.05, 0) is 26.2 Å². The van der Waals surface area contributed by atoms with E-state index < -0.39 is 41.7 Å². The molecule has 0 bridgehead atoms. The van der Waals surface area contributed by atoms with Crippen molar-refractivity contribution in [2.75, 3.05) is 12.3 Å². The fourth-order valence-corrected chi connectivity index (χ4v) is 10.2. The molecule has 2 saturated heterocycles. The summed E-state index contributed by atoms with van der Waals surface area (Å²) in [6.45, 7) is 8.17. The van der Waals surface area contributed by atoms with Gasteiger partial charge in [-0.2, -0.15) is 0 Å². The molecule has 0 spiro atoms. The highest BCUT2D eigenvalue weighted by Gasteiger charge is 2.52. The molecule has 0 amide bonds. The number of aliphatic hydroxyl groups is 1. The molecular weight excluding hydrogens is 374 g/mol. The number of hydrogen-bond donors (Lipinski definition) is 2. The molecular formula is C14H23N5O5Si2. The van der Waals surface area contributed by atoms with Gasteiger partial charge in [0.2, 0.25) is 0 Å². The van der Waals surface area contributed by atoms with Crippen LogP contribution in [0.2, 0.25) is 26.2 Å². The van der Waals surface area contributed by atoms with E-state index in [0.717, 1.165) is 0 Å². The molecule has 0 radical (unpaired) electrons. The highest BCUT2D eigenvalue weighted by Crippen LogP contribution is 2.37. The van der Waals surface area contributed by atoms with Crippen LogP contribution < -0.4 is 5.73 Å². The molecule has 2 aromatic heterocycles. The fourth-order valence-electron chi connectivity index (χ4n) is 3.54. The van der Waals surface area contributed by atoms with Gasteiger partial charge in [0.15, 0.2) is 17.7 Å². The van der Waals surface area contributed by atoms with Crippen molar-refractivity contribution in [1.82, 2.24) is 19.5 Å². The average Bonchev–Trinajstić information content (AvgIpc) is 3.07. The third kappa shape index (κ3) is 3.07. The van der Waals surface area contributed by atoms with Crippen LogP contribution in [0.25, 0.3) is 11.2 Å². The van der Waals surface area contributed by atoms with Crippen LogP contribution in [0.3, 0.4) is 0 Å². The van der Waals surface area contributed by atoms with Gasteiger partial charge in [-0.15, -0.1) is 0 Å². The Kier molecular flexibility index (Phi) is 4.18. The first kappa shape index (κ1) is 18.0. The normalized spacial score (nSPS) is 33.6. The SMILES string of the molecule is C[Si]1(C)OC[C@H]2O[C@@H](n3cnc4c(N)ncnc43)[C@H](O)[C@@H]2O[Si](C)(C)O1. The molecule has 0 aromatic carbocycles. The predicted molar refractivity (Wildman–Crippen MR) is 96.5 cm³/mol. The maximum atomic E-state index is 10.9. The molecule has 2 aliphatic rings. The Morgan fingerprint density at radius 2 is 1.96 bits per heavy atom. The molecule has 0 aliphatic carbocycles. The van der Waals surface area contributed by atoms with Gasteiger partial charge < -0.3 is 28.5 Å². The van der Waals surface area contributed by atoms with E-state index in [-0.39, 0.29) is 5.82 Å². The van der Waals surface area contributed by atoms with E-state index in [1.165, 1.54) is 6.33 Å². The van der Waals surface area contributed by atoms with E-state index in [0.29, 0.717) is 17.8 Å². The topological polar surface area (TPSA) is 127 Å². The molecule has 4 heterocycles. The maximum absolute atomic E-state index is 10.9. The number of fused-ring (bicyclic) bond motifs is 2. The minimum absolute atomic E-state index is 0.279. The summed E-state index contributed by atoms with van der Waals surface area (Å²) in [5.74, 6) is 0.279. The zero-order valence-corrected chi connectivity index (χ0v) is 17.1. The van der Waals surface area contributed by atoms with Gasteiger partial charge in [-0.25, -0.2) is 15.0 Å². The van der Waals surface area contributed by atoms with Crippen LogP contribution in [-0.4, -0.2) is 66.7 Å². The van der Waals surface area contributed by atoms with E-state index in [9.17, 15) is 5.11 Å². The van der Waals surface area contributed by atoms with Crippen molar-refractivity contribution in [3.63, 3.8) is 0 Å². The standard InChI is InChI=1S/C14H23N5O5Si2/c1-25(2)21-5-8-11(23-26(3,4)24-25)10(20)14(22-8)19-7-18-9-12(15)16-6-17-13(9)19/h6-8,10-11,14,20H,5H2,1-4H3,(H2,15,16,17)/t8-,10-,11-,14-/m1/s1. The van der Waals surface area contributed by atoms with Crippen molar-refractivity contribution >= 4 is 34.1 Å². The summed E-state index contributed by atoms with van der Waals surface area (Å²) < 4.78 is 26.1. The van der Waals surface area contributed by atoms with E-state index in [2.05, 4.69) is 15.0 Å². The first-order valence-corrected chi connectivity index (χ1v) is 14.1. The number of anilines is 1. The Hall–Kier alpha value is -1.42. The molecule has 26 heavy (non-hydrogen) atoms. The number of ether oxygens (including phenoxy) is 1. The molecule has 0 unspecified atom stereocenters. The van der Waals surface area contributed by atoms with Gasteiger partial charge in [0, 0.05) is 0 Å². The molecule has 4 rings (SSSR count). The van der Waals surface area contributed by atoms with E-state index in [4.69, 9.17) is 23.4 Å². The zero-order chi connectivity index (χ0) is 18.7. The van der Waals surface area contributed by atoms with Gasteiger partial charge in [-0.3, -0.25) is 4.57 Å². The molecule has 0 saturated carbocycles. The number of nitrogen functional groups attached to an aromatic ring is 1. The predicted octanol–water partition coefficient (Wildman–Crippen LogP) is 0.502. The number of nitrogens with two attached hydrogens (primary N) is 1. The van der Waals surface area contributed by atoms with Crippen LogP contribution in [0.1, 0.15) is 6.23 Å². The summed E-state index contributed by atoms with van der Waals surface area (Å²) in [5, 5.41) is 10.9. The summed E-state index contributed by atoms with van der Waals surface area (Å²) in [5.41, 5.74) is 6.81. The Morgan fingerprint density at radius 3 is 2.73 bits per heavy atom. The Bertz CT molecular complexity index is 831. The maximum Gasteiger partial charge on any atom is 0.323 e. The lowest BCUT2D eigenvalue weighted by molar-refractivity contribution is -0.0538. The monoisotopic (exact) mass is 397 g/mol. The molecule has 12 heteroatoms. The molecule has 2 aliphatic heterocycles. The van der Waals surface area contributed by atoms with Gasteiger partial charge in [0.25, 0.3) is 0 Å². The number of aromatic nitrogens is 4. The van der Waals surface area contributed by atoms with Crippen LogP contribution in [0.5, 0.6) is 0 Å². The molecule has 10 nitrogen and oxygen atoms in total.